The van der Waals surface area contributed by atoms with Crippen LogP contribution in [-0.4, -0.2) is 16.0 Å². The van der Waals surface area contributed by atoms with Gasteiger partial charge in [0.25, 0.3) is 0 Å². The number of hydrogen-bond acceptors (Lipinski definition) is 3. The fourth-order valence-electron chi connectivity index (χ4n) is 2.74. The van der Waals surface area contributed by atoms with Crippen LogP contribution in [0.3, 0.4) is 0 Å². The Morgan fingerprint density at radius 1 is 0.880 bits per heavy atom. The number of halogens is 1. The number of urea groups is 1. The first-order chi connectivity index (χ1) is 12.2. The van der Waals surface area contributed by atoms with Crippen molar-refractivity contribution in [1.82, 2.24) is 9.97 Å². The number of nitrogens with one attached hydrogen (secondary N) is 2. The van der Waals surface area contributed by atoms with Crippen LogP contribution in [0.4, 0.5) is 16.2 Å². The third-order valence-electron chi connectivity index (χ3n) is 3.79. The number of rotatable bonds is 2. The van der Waals surface area contributed by atoms with Gasteiger partial charge < -0.3 is 10.6 Å². The number of benzene rings is 2. The Balaban J connectivity index is 1.71. The molecule has 0 aliphatic rings. The Labute approximate surface area is 152 Å². The van der Waals surface area contributed by atoms with Gasteiger partial charge in [-0.05, 0) is 42.5 Å². The highest BCUT2D eigenvalue weighted by Gasteiger charge is 2.11. The smallest absolute Gasteiger partial charge is 0.308 e. The molecule has 122 valence electrons. The van der Waals surface area contributed by atoms with E-state index in [9.17, 15) is 4.79 Å². The lowest BCUT2D eigenvalue weighted by atomic mass is 10.1. The Morgan fingerprint density at radius 2 is 1.68 bits per heavy atom. The standard InChI is InChI=1S/C19H13BrN4O/c20-13-5-1-6-14(11-13)23-19(25)24-16-10-12-4-2-8-21-17(12)15-7-3-9-22-18(15)16/h1-11H,(H2,23,24,25). The van der Waals surface area contributed by atoms with Gasteiger partial charge in [-0.2, -0.15) is 0 Å². The zero-order valence-corrected chi connectivity index (χ0v) is 14.6. The molecule has 2 heterocycles. The van der Waals surface area contributed by atoms with Gasteiger partial charge in [0.2, 0.25) is 0 Å². The largest absolute Gasteiger partial charge is 0.323 e. The van der Waals surface area contributed by atoms with Crippen LogP contribution in [0.15, 0.2) is 71.5 Å². The first-order valence-corrected chi connectivity index (χ1v) is 8.46. The first-order valence-electron chi connectivity index (χ1n) is 7.67. The minimum atomic E-state index is -0.326. The van der Waals surface area contributed by atoms with E-state index in [1.807, 2.05) is 54.6 Å². The summed E-state index contributed by atoms with van der Waals surface area (Å²) in [4.78, 5) is 21.2. The third kappa shape index (κ3) is 3.16. The Morgan fingerprint density at radius 3 is 2.52 bits per heavy atom. The second-order valence-corrected chi connectivity index (χ2v) is 6.40. The molecule has 0 saturated heterocycles. The van der Waals surface area contributed by atoms with Crippen LogP contribution in [0.25, 0.3) is 21.8 Å². The van der Waals surface area contributed by atoms with E-state index in [4.69, 9.17) is 0 Å². The summed E-state index contributed by atoms with van der Waals surface area (Å²) in [5, 5.41) is 7.56. The van der Waals surface area contributed by atoms with Crippen LogP contribution < -0.4 is 10.6 Å². The van der Waals surface area contributed by atoms with Crippen molar-refractivity contribution in [3.05, 3.63) is 71.5 Å². The van der Waals surface area contributed by atoms with Crippen molar-refractivity contribution in [3.63, 3.8) is 0 Å². The quantitative estimate of drug-likeness (QED) is 0.461. The first kappa shape index (κ1) is 15.5. The lowest BCUT2D eigenvalue weighted by Gasteiger charge is -2.11. The molecule has 2 N–H and O–H groups in total. The summed E-state index contributed by atoms with van der Waals surface area (Å²) >= 11 is 3.39. The maximum atomic E-state index is 12.4. The monoisotopic (exact) mass is 392 g/mol. The number of anilines is 2. The van der Waals surface area contributed by atoms with Crippen molar-refractivity contribution in [2.45, 2.75) is 0 Å². The van der Waals surface area contributed by atoms with Crippen LogP contribution in [0.5, 0.6) is 0 Å². The predicted molar refractivity (Wildman–Crippen MR) is 104 cm³/mol. The molecule has 0 radical (unpaired) electrons. The van der Waals surface area contributed by atoms with Crippen LogP contribution in [-0.2, 0) is 0 Å². The maximum absolute atomic E-state index is 12.4. The summed E-state index contributed by atoms with van der Waals surface area (Å²) < 4.78 is 0.897. The van der Waals surface area contributed by atoms with Crippen LogP contribution in [0, 0.1) is 0 Å². The highest BCUT2D eigenvalue weighted by Crippen LogP contribution is 2.29. The molecule has 2 aromatic heterocycles. The molecule has 0 aliphatic heterocycles. The summed E-state index contributed by atoms with van der Waals surface area (Å²) in [5.41, 5.74) is 2.91. The predicted octanol–water partition coefficient (Wildman–Crippen LogP) is 5.19. The van der Waals surface area contributed by atoms with E-state index in [-0.39, 0.29) is 6.03 Å². The van der Waals surface area contributed by atoms with Gasteiger partial charge in [0.05, 0.1) is 16.7 Å². The van der Waals surface area contributed by atoms with E-state index in [0.717, 1.165) is 20.8 Å². The van der Waals surface area contributed by atoms with Crippen molar-refractivity contribution >= 4 is 55.1 Å². The number of carbonyl (C=O) groups excluding carboxylic acids is 1. The normalized spacial score (nSPS) is 10.8. The second kappa shape index (κ2) is 6.49. The Bertz CT molecular complexity index is 1100. The number of pyridine rings is 2. The zero-order chi connectivity index (χ0) is 17.2. The molecule has 0 spiro atoms. The number of hydrogen-bond donors (Lipinski definition) is 2. The zero-order valence-electron chi connectivity index (χ0n) is 13.0. The summed E-state index contributed by atoms with van der Waals surface area (Å²) in [6.45, 7) is 0. The number of amides is 2. The van der Waals surface area contributed by atoms with Crippen LogP contribution in [0.2, 0.25) is 0 Å². The van der Waals surface area contributed by atoms with Gasteiger partial charge >= 0.3 is 6.03 Å². The lowest BCUT2D eigenvalue weighted by Crippen LogP contribution is -2.19. The molecule has 0 unspecified atom stereocenters. The van der Waals surface area contributed by atoms with Gasteiger partial charge in [-0.15, -0.1) is 0 Å². The Kier molecular flexibility index (Phi) is 4.03. The van der Waals surface area contributed by atoms with Gasteiger partial charge in [0.15, 0.2) is 0 Å². The van der Waals surface area contributed by atoms with Crippen molar-refractivity contribution in [3.8, 4) is 0 Å². The fourth-order valence-corrected chi connectivity index (χ4v) is 3.14. The molecule has 4 rings (SSSR count). The maximum Gasteiger partial charge on any atom is 0.323 e. The minimum absolute atomic E-state index is 0.326. The molecule has 0 atom stereocenters. The molecule has 0 aliphatic carbocycles. The van der Waals surface area contributed by atoms with E-state index in [1.165, 1.54) is 0 Å². The van der Waals surface area contributed by atoms with Crippen molar-refractivity contribution in [1.29, 1.82) is 0 Å². The van der Waals surface area contributed by atoms with E-state index in [2.05, 4.69) is 36.5 Å². The number of carbonyl (C=O) groups is 1. The van der Waals surface area contributed by atoms with Crippen molar-refractivity contribution < 1.29 is 4.79 Å². The number of fused-ring (bicyclic) bond motifs is 3. The van der Waals surface area contributed by atoms with Gasteiger partial charge in [-0.3, -0.25) is 9.97 Å². The third-order valence-corrected chi connectivity index (χ3v) is 4.28. The molecule has 0 bridgehead atoms. The average molecular weight is 393 g/mol. The summed E-state index contributed by atoms with van der Waals surface area (Å²) in [6.07, 6.45) is 3.45. The summed E-state index contributed by atoms with van der Waals surface area (Å²) in [5.74, 6) is 0. The van der Waals surface area contributed by atoms with Gasteiger partial charge in [0.1, 0.15) is 0 Å². The highest BCUT2D eigenvalue weighted by atomic mass is 79.9. The average Bonchev–Trinajstić information content (AvgIpc) is 2.62. The minimum Gasteiger partial charge on any atom is -0.308 e. The van der Waals surface area contributed by atoms with E-state index >= 15 is 0 Å². The molecule has 6 heteroatoms. The molecular weight excluding hydrogens is 380 g/mol. The molecule has 2 aromatic carbocycles. The van der Waals surface area contributed by atoms with Gasteiger partial charge in [0, 0.05) is 33.3 Å². The molecule has 4 aromatic rings. The van der Waals surface area contributed by atoms with Crippen molar-refractivity contribution in [2.24, 2.45) is 0 Å². The van der Waals surface area contributed by atoms with E-state index in [1.54, 1.807) is 12.4 Å². The highest BCUT2D eigenvalue weighted by molar-refractivity contribution is 9.10. The second-order valence-electron chi connectivity index (χ2n) is 5.49. The molecular formula is C19H13BrN4O. The van der Waals surface area contributed by atoms with Crippen LogP contribution in [0.1, 0.15) is 0 Å². The van der Waals surface area contributed by atoms with Gasteiger partial charge in [-0.1, -0.05) is 28.1 Å². The van der Waals surface area contributed by atoms with Crippen molar-refractivity contribution in [2.75, 3.05) is 10.6 Å². The summed E-state index contributed by atoms with van der Waals surface area (Å²) in [7, 11) is 0. The molecule has 5 nitrogen and oxygen atoms in total. The fraction of sp³-hybridized carbons (Fsp3) is 0. The van der Waals surface area contributed by atoms with E-state index < -0.39 is 0 Å². The molecule has 0 saturated carbocycles. The lowest BCUT2D eigenvalue weighted by molar-refractivity contribution is 0.262. The van der Waals surface area contributed by atoms with E-state index in [0.29, 0.717) is 16.9 Å². The van der Waals surface area contributed by atoms with Gasteiger partial charge in [-0.25, -0.2) is 4.79 Å². The molecule has 0 fully saturated rings. The van der Waals surface area contributed by atoms with Crippen LogP contribution >= 0.6 is 15.9 Å². The Hall–Kier alpha value is -2.99. The number of aromatic nitrogens is 2. The topological polar surface area (TPSA) is 66.9 Å². The molecule has 2 amide bonds. The summed E-state index contributed by atoms with van der Waals surface area (Å²) in [6, 6.07) is 16.6. The number of nitrogens with zero attached hydrogens (tertiary/aromatic N) is 2. The SMILES string of the molecule is O=C(Nc1cccc(Br)c1)Nc1cc2cccnc2c2cccnc12. The molecule has 25 heavy (non-hydrogen) atoms.